The van der Waals surface area contributed by atoms with E-state index in [9.17, 15) is 0 Å². The van der Waals surface area contributed by atoms with E-state index >= 15 is 0 Å². The number of thioether (sulfide) groups is 1. The van der Waals surface area contributed by atoms with Gasteiger partial charge in [-0.25, -0.2) is 0 Å². The second kappa shape index (κ2) is 6.26. The summed E-state index contributed by atoms with van der Waals surface area (Å²) in [6, 6.07) is 4.19. The fourth-order valence-corrected chi connectivity index (χ4v) is 3.22. The van der Waals surface area contributed by atoms with Crippen LogP contribution in [-0.2, 0) is 0 Å². The van der Waals surface area contributed by atoms with Crippen LogP contribution in [0.3, 0.4) is 0 Å². The number of aromatic nitrogens is 1. The van der Waals surface area contributed by atoms with Gasteiger partial charge in [-0.1, -0.05) is 13.3 Å². The second-order valence-corrected chi connectivity index (χ2v) is 5.98. The summed E-state index contributed by atoms with van der Waals surface area (Å²) in [5, 5.41) is 0.667. The molecule has 0 radical (unpaired) electrons. The fraction of sp³-hybridized carbons (Fsp3) is 0.615. The number of piperidine rings is 1. The predicted octanol–water partition coefficient (Wildman–Crippen LogP) is 3.05. The Balaban J connectivity index is 1.77. The third kappa shape index (κ3) is 3.80. The minimum Gasteiger partial charge on any atom is -0.302 e. The molecule has 0 bridgehead atoms. The average Bonchev–Trinajstić information content (AvgIpc) is 2.31. The Morgan fingerprint density at radius 2 is 1.94 bits per heavy atom. The van der Waals surface area contributed by atoms with Gasteiger partial charge in [-0.3, -0.25) is 4.98 Å². The number of hydrogen-bond acceptors (Lipinski definition) is 3. The van der Waals surface area contributed by atoms with Gasteiger partial charge in [0.05, 0.1) is 0 Å². The molecule has 0 saturated carbocycles. The van der Waals surface area contributed by atoms with Crippen LogP contribution in [0.2, 0.25) is 0 Å². The van der Waals surface area contributed by atoms with E-state index in [-0.39, 0.29) is 0 Å². The van der Waals surface area contributed by atoms with Gasteiger partial charge >= 0.3 is 0 Å². The quantitative estimate of drug-likeness (QED) is 0.748. The van der Waals surface area contributed by atoms with Crippen molar-refractivity contribution < 1.29 is 0 Å². The zero-order valence-electron chi connectivity index (χ0n) is 9.93. The lowest BCUT2D eigenvalue weighted by Crippen LogP contribution is -2.34. The molecule has 1 aliphatic heterocycles. The van der Waals surface area contributed by atoms with Crippen LogP contribution in [0.25, 0.3) is 0 Å². The van der Waals surface area contributed by atoms with Crippen LogP contribution in [-0.4, -0.2) is 34.8 Å². The molecule has 0 spiro atoms. The van der Waals surface area contributed by atoms with Crippen molar-refractivity contribution in [3.63, 3.8) is 0 Å². The summed E-state index contributed by atoms with van der Waals surface area (Å²) >= 11 is 1.96. The Labute approximate surface area is 102 Å². The lowest BCUT2D eigenvalue weighted by Gasteiger charge is -2.28. The molecule has 2 heterocycles. The number of pyridine rings is 1. The van der Waals surface area contributed by atoms with Gasteiger partial charge in [0.1, 0.15) is 0 Å². The molecule has 1 atom stereocenters. The van der Waals surface area contributed by atoms with Crippen molar-refractivity contribution in [2.24, 2.45) is 0 Å². The van der Waals surface area contributed by atoms with E-state index in [4.69, 9.17) is 0 Å². The van der Waals surface area contributed by atoms with Crippen LogP contribution in [0.15, 0.2) is 29.4 Å². The van der Waals surface area contributed by atoms with Gasteiger partial charge in [0, 0.05) is 29.1 Å². The summed E-state index contributed by atoms with van der Waals surface area (Å²) in [6.45, 7) is 6.12. The standard InChI is InChI=1S/C13H20N2S/c1-12(11-15-9-3-2-4-10-15)16-13-5-7-14-8-6-13/h5-8,12H,2-4,9-11H2,1H3. The number of nitrogens with zero attached hydrogens (tertiary/aromatic N) is 2. The molecule has 0 aromatic carbocycles. The van der Waals surface area contributed by atoms with Crippen molar-refractivity contribution in [3.8, 4) is 0 Å². The highest BCUT2D eigenvalue weighted by atomic mass is 32.2. The van der Waals surface area contributed by atoms with E-state index in [2.05, 4.69) is 28.9 Å². The Hall–Kier alpha value is -0.540. The Kier molecular flexibility index (Phi) is 4.67. The molecule has 1 aromatic heterocycles. The average molecular weight is 236 g/mol. The van der Waals surface area contributed by atoms with Crippen LogP contribution in [0, 0.1) is 0 Å². The Morgan fingerprint density at radius 3 is 2.62 bits per heavy atom. The highest BCUT2D eigenvalue weighted by Crippen LogP contribution is 2.23. The molecule has 1 saturated heterocycles. The van der Waals surface area contributed by atoms with E-state index in [1.807, 2.05) is 24.2 Å². The Bertz CT molecular complexity index is 296. The van der Waals surface area contributed by atoms with Gasteiger partial charge in [-0.2, -0.15) is 0 Å². The van der Waals surface area contributed by atoms with Crippen LogP contribution in [0.5, 0.6) is 0 Å². The zero-order chi connectivity index (χ0) is 11.2. The molecule has 2 rings (SSSR count). The highest BCUT2D eigenvalue weighted by Gasteiger charge is 2.13. The van der Waals surface area contributed by atoms with E-state index in [1.54, 1.807) is 0 Å². The summed E-state index contributed by atoms with van der Waals surface area (Å²) in [4.78, 5) is 7.98. The molecule has 1 aromatic rings. The summed E-state index contributed by atoms with van der Waals surface area (Å²) in [5.74, 6) is 0. The second-order valence-electron chi connectivity index (χ2n) is 4.47. The van der Waals surface area contributed by atoms with Crippen LogP contribution in [0.4, 0.5) is 0 Å². The topological polar surface area (TPSA) is 16.1 Å². The maximum atomic E-state index is 4.04. The lowest BCUT2D eigenvalue weighted by molar-refractivity contribution is 0.232. The third-order valence-corrected chi connectivity index (χ3v) is 4.05. The predicted molar refractivity (Wildman–Crippen MR) is 69.8 cm³/mol. The summed E-state index contributed by atoms with van der Waals surface area (Å²) in [6.07, 6.45) is 7.92. The first-order valence-corrected chi connectivity index (χ1v) is 7.01. The van der Waals surface area contributed by atoms with Crippen molar-refractivity contribution >= 4 is 11.8 Å². The normalized spacial score (nSPS) is 19.6. The lowest BCUT2D eigenvalue weighted by atomic mass is 10.1. The number of hydrogen-bond donors (Lipinski definition) is 0. The van der Waals surface area contributed by atoms with E-state index in [1.165, 1.54) is 43.8 Å². The third-order valence-electron chi connectivity index (χ3n) is 2.95. The maximum absolute atomic E-state index is 4.04. The molecule has 1 unspecified atom stereocenters. The van der Waals surface area contributed by atoms with E-state index in [0.717, 1.165) is 0 Å². The molecule has 16 heavy (non-hydrogen) atoms. The van der Waals surface area contributed by atoms with Gasteiger partial charge in [0.15, 0.2) is 0 Å². The first-order valence-electron chi connectivity index (χ1n) is 6.13. The molecule has 1 aliphatic rings. The number of likely N-dealkylation sites (tertiary alicyclic amines) is 1. The van der Waals surface area contributed by atoms with E-state index in [0.29, 0.717) is 5.25 Å². The van der Waals surface area contributed by atoms with Crippen LogP contribution >= 0.6 is 11.8 Å². The van der Waals surface area contributed by atoms with Crippen molar-refractivity contribution in [3.05, 3.63) is 24.5 Å². The van der Waals surface area contributed by atoms with Crippen LogP contribution < -0.4 is 0 Å². The van der Waals surface area contributed by atoms with Crippen molar-refractivity contribution in [2.45, 2.75) is 36.3 Å². The monoisotopic (exact) mass is 236 g/mol. The molecule has 0 aliphatic carbocycles. The maximum Gasteiger partial charge on any atom is 0.0278 e. The largest absolute Gasteiger partial charge is 0.302 e. The minimum atomic E-state index is 0.667. The summed E-state index contributed by atoms with van der Waals surface area (Å²) < 4.78 is 0. The molecular weight excluding hydrogens is 216 g/mol. The first kappa shape index (κ1) is 11.9. The molecule has 88 valence electrons. The minimum absolute atomic E-state index is 0.667. The van der Waals surface area contributed by atoms with E-state index < -0.39 is 0 Å². The van der Waals surface area contributed by atoms with Gasteiger partial charge in [-0.15, -0.1) is 11.8 Å². The Morgan fingerprint density at radius 1 is 1.25 bits per heavy atom. The van der Waals surface area contributed by atoms with Gasteiger partial charge in [-0.05, 0) is 38.1 Å². The molecule has 1 fully saturated rings. The molecular formula is C13H20N2S. The summed E-state index contributed by atoms with van der Waals surface area (Å²) in [5.41, 5.74) is 0. The smallest absolute Gasteiger partial charge is 0.0278 e. The van der Waals surface area contributed by atoms with Gasteiger partial charge in [0.2, 0.25) is 0 Å². The molecule has 2 nitrogen and oxygen atoms in total. The van der Waals surface area contributed by atoms with Crippen molar-refractivity contribution in [1.29, 1.82) is 0 Å². The molecule has 3 heteroatoms. The van der Waals surface area contributed by atoms with Gasteiger partial charge in [0.25, 0.3) is 0 Å². The number of rotatable bonds is 4. The highest BCUT2D eigenvalue weighted by molar-refractivity contribution is 8.00. The summed E-state index contributed by atoms with van der Waals surface area (Å²) in [7, 11) is 0. The molecule has 0 N–H and O–H groups in total. The SMILES string of the molecule is CC(CN1CCCCC1)Sc1ccncc1. The van der Waals surface area contributed by atoms with Crippen molar-refractivity contribution in [2.75, 3.05) is 19.6 Å². The van der Waals surface area contributed by atoms with Crippen LogP contribution in [0.1, 0.15) is 26.2 Å². The molecule has 0 amide bonds. The first-order chi connectivity index (χ1) is 7.84. The zero-order valence-corrected chi connectivity index (χ0v) is 10.7. The fourth-order valence-electron chi connectivity index (χ4n) is 2.19. The van der Waals surface area contributed by atoms with Crippen molar-refractivity contribution in [1.82, 2.24) is 9.88 Å². The van der Waals surface area contributed by atoms with Gasteiger partial charge < -0.3 is 4.90 Å².